The van der Waals surface area contributed by atoms with Gasteiger partial charge in [-0.1, -0.05) is 17.7 Å². The number of nitrogens with zero attached hydrogens (tertiary/aromatic N) is 1. The van der Waals surface area contributed by atoms with Crippen molar-refractivity contribution in [1.82, 2.24) is 4.98 Å². The van der Waals surface area contributed by atoms with Gasteiger partial charge < -0.3 is 10.5 Å². The maximum absolute atomic E-state index is 13.2. The highest BCUT2D eigenvalue weighted by atomic mass is 35.5. The first-order valence-electron chi connectivity index (χ1n) is 5.39. The van der Waals surface area contributed by atoms with Crippen LogP contribution in [0.5, 0.6) is 0 Å². The number of rotatable bonds is 3. The van der Waals surface area contributed by atoms with Crippen LogP contribution < -0.4 is 5.73 Å². The second-order valence-corrected chi connectivity index (χ2v) is 4.21. The molecule has 19 heavy (non-hydrogen) atoms. The molecular formula is C13H10ClFN2O2. The van der Waals surface area contributed by atoms with Crippen molar-refractivity contribution in [2.24, 2.45) is 0 Å². The molecule has 0 aliphatic heterocycles. The molecule has 0 aliphatic rings. The van der Waals surface area contributed by atoms with E-state index >= 15 is 0 Å². The summed E-state index contributed by atoms with van der Waals surface area (Å²) in [4.78, 5) is 15.5. The zero-order chi connectivity index (χ0) is 13.8. The number of aromatic nitrogens is 1. The second kappa shape index (κ2) is 5.67. The summed E-state index contributed by atoms with van der Waals surface area (Å²) in [6.07, 6.45) is 1.36. The van der Waals surface area contributed by atoms with E-state index in [1.165, 1.54) is 24.4 Å². The fraction of sp³-hybridized carbons (Fsp3) is 0.0769. The van der Waals surface area contributed by atoms with Gasteiger partial charge in [0, 0.05) is 0 Å². The molecule has 6 heteroatoms. The topological polar surface area (TPSA) is 65.2 Å². The van der Waals surface area contributed by atoms with Gasteiger partial charge in [0.1, 0.15) is 18.1 Å². The third kappa shape index (κ3) is 3.42. The third-order valence-corrected chi connectivity index (χ3v) is 2.66. The predicted octanol–water partition coefficient (Wildman–Crippen LogP) is 2.81. The summed E-state index contributed by atoms with van der Waals surface area (Å²) in [7, 11) is 0. The van der Waals surface area contributed by atoms with E-state index in [1.54, 1.807) is 12.1 Å². The van der Waals surface area contributed by atoms with Gasteiger partial charge in [0.05, 0.1) is 16.9 Å². The number of halogens is 2. The molecule has 4 nitrogen and oxygen atoms in total. The van der Waals surface area contributed by atoms with Crippen molar-refractivity contribution in [3.63, 3.8) is 0 Å². The molecule has 0 aliphatic carbocycles. The van der Waals surface area contributed by atoms with Crippen LogP contribution in [0.1, 0.15) is 16.1 Å². The minimum absolute atomic E-state index is 0.0234. The highest BCUT2D eigenvalue weighted by molar-refractivity contribution is 6.30. The molecule has 2 aromatic rings. The molecule has 98 valence electrons. The fourth-order valence-corrected chi connectivity index (χ4v) is 1.50. The number of nitrogen functional groups attached to an aromatic ring is 1. The van der Waals surface area contributed by atoms with Crippen LogP contribution in [-0.2, 0) is 11.3 Å². The predicted molar refractivity (Wildman–Crippen MR) is 69.2 cm³/mol. The first-order valence-corrected chi connectivity index (χ1v) is 5.76. The molecule has 0 atom stereocenters. The molecule has 0 amide bonds. The van der Waals surface area contributed by atoms with Crippen molar-refractivity contribution < 1.29 is 13.9 Å². The van der Waals surface area contributed by atoms with Crippen LogP contribution in [0, 0.1) is 5.82 Å². The number of carbonyl (C=O) groups excluding carboxylic acids is 1. The van der Waals surface area contributed by atoms with Crippen LogP contribution in [-0.4, -0.2) is 11.0 Å². The average molecular weight is 281 g/mol. The highest BCUT2D eigenvalue weighted by Gasteiger charge is 2.09. The maximum Gasteiger partial charge on any atom is 0.357 e. The van der Waals surface area contributed by atoms with Crippen LogP contribution >= 0.6 is 11.6 Å². The fourth-order valence-electron chi connectivity index (χ4n) is 1.38. The maximum atomic E-state index is 13.2. The zero-order valence-corrected chi connectivity index (χ0v) is 10.5. The van der Waals surface area contributed by atoms with Crippen LogP contribution in [0.25, 0.3) is 0 Å². The molecule has 0 radical (unpaired) electrons. The van der Waals surface area contributed by atoms with Crippen LogP contribution in [0.2, 0.25) is 5.02 Å². The largest absolute Gasteiger partial charge is 0.456 e. The number of nitrogens with two attached hydrogens (primary N) is 1. The van der Waals surface area contributed by atoms with Crippen LogP contribution in [0.4, 0.5) is 10.1 Å². The van der Waals surface area contributed by atoms with E-state index in [0.717, 1.165) is 0 Å². The van der Waals surface area contributed by atoms with Crippen molar-refractivity contribution >= 4 is 23.3 Å². The van der Waals surface area contributed by atoms with Gasteiger partial charge in [-0.15, -0.1) is 0 Å². The molecule has 0 saturated heterocycles. The smallest absolute Gasteiger partial charge is 0.357 e. The summed E-state index contributed by atoms with van der Waals surface area (Å²) in [6.45, 7) is -0.0566. The van der Waals surface area contributed by atoms with Crippen molar-refractivity contribution in [1.29, 1.82) is 0 Å². The Kier molecular flexibility index (Phi) is 3.97. The van der Waals surface area contributed by atoms with E-state index in [2.05, 4.69) is 4.98 Å². The third-order valence-electron chi connectivity index (χ3n) is 2.35. The van der Waals surface area contributed by atoms with Gasteiger partial charge >= 0.3 is 5.97 Å². The van der Waals surface area contributed by atoms with E-state index in [-0.39, 0.29) is 17.3 Å². The molecule has 2 N–H and O–H groups in total. The molecule has 1 heterocycles. The quantitative estimate of drug-likeness (QED) is 0.878. The first kappa shape index (κ1) is 13.3. The highest BCUT2D eigenvalue weighted by Crippen LogP contribution is 2.16. The Morgan fingerprint density at radius 2 is 2.16 bits per heavy atom. The number of carbonyl (C=O) groups is 1. The van der Waals surface area contributed by atoms with Crippen molar-refractivity contribution in [3.8, 4) is 0 Å². The number of esters is 1. The molecule has 0 unspecified atom stereocenters. The number of hydrogen-bond acceptors (Lipinski definition) is 4. The van der Waals surface area contributed by atoms with E-state index in [4.69, 9.17) is 22.1 Å². The Morgan fingerprint density at radius 1 is 1.37 bits per heavy atom. The Bertz CT molecular complexity index is 602. The van der Waals surface area contributed by atoms with Gasteiger partial charge in [-0.2, -0.15) is 0 Å². The lowest BCUT2D eigenvalue weighted by molar-refractivity contribution is 0.0465. The standard InChI is InChI=1S/C13H10ClFN2O2/c14-10-3-1-8(5-11(10)15)7-19-13(18)12-4-2-9(16)6-17-12/h1-6H,7,16H2. The van der Waals surface area contributed by atoms with Crippen molar-refractivity contribution in [2.45, 2.75) is 6.61 Å². The van der Waals surface area contributed by atoms with E-state index in [9.17, 15) is 9.18 Å². The monoisotopic (exact) mass is 280 g/mol. The summed E-state index contributed by atoms with van der Waals surface area (Å²) in [6, 6.07) is 7.20. The summed E-state index contributed by atoms with van der Waals surface area (Å²) in [5.41, 5.74) is 6.56. The number of hydrogen-bond donors (Lipinski definition) is 1. The second-order valence-electron chi connectivity index (χ2n) is 3.80. The molecular weight excluding hydrogens is 271 g/mol. The molecule has 0 fully saturated rings. The van der Waals surface area contributed by atoms with E-state index < -0.39 is 11.8 Å². The van der Waals surface area contributed by atoms with Gasteiger partial charge in [0.15, 0.2) is 0 Å². The van der Waals surface area contributed by atoms with Crippen molar-refractivity contribution in [3.05, 3.63) is 58.6 Å². The molecule has 1 aromatic heterocycles. The number of ether oxygens (including phenoxy) is 1. The van der Waals surface area contributed by atoms with E-state index in [1.807, 2.05) is 0 Å². The minimum atomic E-state index is -0.602. The molecule has 1 aromatic carbocycles. The number of pyridine rings is 1. The van der Waals surface area contributed by atoms with E-state index in [0.29, 0.717) is 11.3 Å². The molecule has 0 spiro atoms. The molecule has 0 saturated carbocycles. The van der Waals surface area contributed by atoms with Crippen LogP contribution in [0.3, 0.4) is 0 Å². The number of benzene rings is 1. The van der Waals surface area contributed by atoms with Gasteiger partial charge in [-0.05, 0) is 29.8 Å². The lowest BCUT2D eigenvalue weighted by Crippen LogP contribution is -2.07. The average Bonchev–Trinajstić information content (AvgIpc) is 2.40. The number of anilines is 1. The van der Waals surface area contributed by atoms with Gasteiger partial charge in [0.2, 0.25) is 0 Å². The van der Waals surface area contributed by atoms with Crippen molar-refractivity contribution in [2.75, 3.05) is 5.73 Å². The minimum Gasteiger partial charge on any atom is -0.456 e. The van der Waals surface area contributed by atoms with Gasteiger partial charge in [-0.3, -0.25) is 0 Å². The molecule has 2 rings (SSSR count). The Balaban J connectivity index is 2.00. The lowest BCUT2D eigenvalue weighted by Gasteiger charge is -2.05. The normalized spacial score (nSPS) is 10.2. The first-order chi connectivity index (χ1) is 9.06. The zero-order valence-electron chi connectivity index (χ0n) is 9.77. The summed E-state index contributed by atoms with van der Waals surface area (Å²) >= 11 is 5.55. The summed E-state index contributed by atoms with van der Waals surface area (Å²) < 4.78 is 18.2. The summed E-state index contributed by atoms with van der Waals surface area (Å²) in [5, 5.41) is 0.0234. The van der Waals surface area contributed by atoms with Gasteiger partial charge in [0.25, 0.3) is 0 Å². The van der Waals surface area contributed by atoms with Crippen LogP contribution in [0.15, 0.2) is 36.5 Å². The Hall–Kier alpha value is -2.14. The van der Waals surface area contributed by atoms with Gasteiger partial charge in [-0.25, -0.2) is 14.2 Å². The Labute approximate surface area is 114 Å². The Morgan fingerprint density at radius 3 is 2.79 bits per heavy atom. The molecule has 0 bridgehead atoms. The lowest BCUT2D eigenvalue weighted by atomic mass is 10.2. The summed E-state index contributed by atoms with van der Waals surface area (Å²) in [5.74, 6) is -1.16. The SMILES string of the molecule is Nc1ccc(C(=O)OCc2ccc(Cl)c(F)c2)nc1.